The Labute approximate surface area is 183 Å². The number of esters is 1. The van der Waals surface area contributed by atoms with Gasteiger partial charge < -0.3 is 15.2 Å². The average molecular weight is 432 g/mol. The van der Waals surface area contributed by atoms with Gasteiger partial charge in [0.05, 0.1) is 7.11 Å². The summed E-state index contributed by atoms with van der Waals surface area (Å²) in [6.45, 7) is 8.23. The van der Waals surface area contributed by atoms with Gasteiger partial charge in [0.1, 0.15) is 17.2 Å². The summed E-state index contributed by atoms with van der Waals surface area (Å²) in [7, 11) is 1.40. The fourth-order valence-electron chi connectivity index (χ4n) is 3.12. The Morgan fingerprint density at radius 2 is 1.90 bits per heavy atom. The number of methoxy groups -OCH3 is 1. The molecule has 0 aliphatic carbocycles. The van der Waals surface area contributed by atoms with Gasteiger partial charge in [-0.15, -0.1) is 11.3 Å². The molecule has 0 fully saturated rings. The van der Waals surface area contributed by atoms with Crippen LogP contribution in [-0.2, 0) is 22.5 Å². The zero-order valence-corrected chi connectivity index (χ0v) is 19.4. The lowest BCUT2D eigenvalue weighted by Gasteiger charge is -2.18. The minimum Gasteiger partial charge on any atom is -0.485 e. The third-order valence-corrected chi connectivity index (χ3v) is 6.46. The Balaban J connectivity index is 2.03. The molecule has 2 aromatic rings. The number of hydrogen-bond acceptors (Lipinski definition) is 6. The van der Waals surface area contributed by atoms with E-state index in [1.165, 1.54) is 28.9 Å². The Morgan fingerprint density at radius 1 is 1.17 bits per heavy atom. The number of hydrogen-bond donors (Lipinski definition) is 1. The molecule has 1 heterocycles. The van der Waals surface area contributed by atoms with Crippen molar-refractivity contribution in [2.75, 3.05) is 13.7 Å². The lowest BCUT2D eigenvalue weighted by Crippen LogP contribution is -2.26. The summed E-state index contributed by atoms with van der Waals surface area (Å²) in [5.41, 5.74) is 7.60. The van der Waals surface area contributed by atoms with Crippen LogP contribution in [0.25, 0.3) is 0 Å². The molecule has 164 valence electrons. The van der Waals surface area contributed by atoms with Gasteiger partial charge in [0, 0.05) is 22.4 Å². The molecule has 5 nitrogen and oxygen atoms in total. The molecule has 30 heavy (non-hydrogen) atoms. The van der Waals surface area contributed by atoms with Crippen molar-refractivity contribution in [3.8, 4) is 5.75 Å². The molecule has 0 aliphatic rings. The predicted molar refractivity (Wildman–Crippen MR) is 121 cm³/mol. The second-order valence-electron chi connectivity index (χ2n) is 8.45. The first-order chi connectivity index (χ1) is 14.2. The Morgan fingerprint density at radius 3 is 2.50 bits per heavy atom. The lowest BCUT2D eigenvalue weighted by atomic mass is 9.91. The summed E-state index contributed by atoms with van der Waals surface area (Å²) in [5, 5.41) is 0. The van der Waals surface area contributed by atoms with Crippen LogP contribution in [-0.4, -0.2) is 25.5 Å². The van der Waals surface area contributed by atoms with Gasteiger partial charge in [-0.25, -0.2) is 4.79 Å². The highest BCUT2D eigenvalue weighted by atomic mass is 32.1. The zero-order valence-electron chi connectivity index (χ0n) is 18.6. The molecular formula is C24H33NO4S. The molecule has 2 rings (SSSR count). The first-order valence-electron chi connectivity index (χ1n) is 10.4. The molecule has 0 radical (unpaired) electrons. The molecular weight excluding hydrogens is 398 g/mol. The minimum absolute atomic E-state index is 0.0503. The minimum atomic E-state index is -0.423. The lowest BCUT2D eigenvalue weighted by molar-refractivity contribution is -0.128. The van der Waals surface area contributed by atoms with E-state index in [1.807, 2.05) is 45.0 Å². The van der Waals surface area contributed by atoms with E-state index in [9.17, 15) is 9.59 Å². The normalized spacial score (nSPS) is 12.5. The molecule has 0 bridgehead atoms. The number of thiophene rings is 1. The molecule has 1 aromatic carbocycles. The molecule has 1 atom stereocenters. The molecule has 0 spiro atoms. The number of carbonyl (C=O) groups is 2. The van der Waals surface area contributed by atoms with Crippen LogP contribution in [0.2, 0.25) is 0 Å². The van der Waals surface area contributed by atoms with Crippen molar-refractivity contribution < 1.29 is 19.1 Å². The monoisotopic (exact) mass is 431 g/mol. The van der Waals surface area contributed by atoms with E-state index < -0.39 is 5.41 Å². The summed E-state index contributed by atoms with van der Waals surface area (Å²) < 4.78 is 10.6. The third kappa shape index (κ3) is 6.41. The van der Waals surface area contributed by atoms with Crippen molar-refractivity contribution in [3.63, 3.8) is 0 Å². The van der Waals surface area contributed by atoms with Gasteiger partial charge in [-0.3, -0.25) is 4.79 Å². The summed E-state index contributed by atoms with van der Waals surface area (Å²) in [5.74, 6) is 0.832. The first-order valence-corrected chi connectivity index (χ1v) is 11.2. The van der Waals surface area contributed by atoms with Crippen molar-refractivity contribution in [2.45, 2.75) is 59.4 Å². The summed E-state index contributed by atoms with van der Waals surface area (Å²) in [4.78, 5) is 25.7. The highest BCUT2D eigenvalue weighted by molar-refractivity contribution is 7.14. The van der Waals surface area contributed by atoms with Crippen molar-refractivity contribution in [3.05, 3.63) is 51.2 Å². The number of rotatable bonds is 10. The topological polar surface area (TPSA) is 78.6 Å². The Hall–Kier alpha value is -2.18. The van der Waals surface area contributed by atoms with Crippen molar-refractivity contribution in [2.24, 2.45) is 11.1 Å². The number of benzene rings is 1. The number of nitrogens with two attached hydrogens (primary N) is 1. The predicted octanol–water partition coefficient (Wildman–Crippen LogP) is 5.11. The maximum Gasteiger partial charge on any atom is 0.348 e. The molecule has 0 saturated heterocycles. The van der Waals surface area contributed by atoms with E-state index in [4.69, 9.17) is 15.2 Å². The van der Waals surface area contributed by atoms with Gasteiger partial charge in [0.2, 0.25) is 0 Å². The van der Waals surface area contributed by atoms with Crippen LogP contribution in [0.1, 0.15) is 72.1 Å². The second kappa shape index (κ2) is 10.7. The van der Waals surface area contributed by atoms with Gasteiger partial charge in [-0.1, -0.05) is 39.8 Å². The largest absolute Gasteiger partial charge is 0.485 e. The Bertz CT molecular complexity index is 866. The van der Waals surface area contributed by atoms with Gasteiger partial charge in [0.25, 0.3) is 0 Å². The standard InChI is InChI=1S/C24H33NO4S/c1-6-17(20-11-12-21(30-20)23(27)28-5)9-7-16-8-10-19(18(13-16)14-25)29-15-22(26)24(2,3)4/h8,10-13,17H,6-7,9,14-15,25H2,1-5H3. The highest BCUT2D eigenvalue weighted by Crippen LogP contribution is 2.32. The molecule has 6 heteroatoms. The maximum absolute atomic E-state index is 12.1. The number of ether oxygens (including phenoxy) is 2. The number of Topliss-reactive ketones (excluding diaryl/α,β-unsaturated/α-hetero) is 1. The van der Waals surface area contributed by atoms with E-state index >= 15 is 0 Å². The highest BCUT2D eigenvalue weighted by Gasteiger charge is 2.22. The fraction of sp³-hybridized carbons (Fsp3) is 0.500. The Kier molecular flexibility index (Phi) is 8.62. The summed E-state index contributed by atoms with van der Waals surface area (Å²) in [6, 6.07) is 9.88. The van der Waals surface area contributed by atoms with Crippen LogP contribution in [0.15, 0.2) is 30.3 Å². The third-order valence-electron chi connectivity index (χ3n) is 5.23. The van der Waals surface area contributed by atoms with E-state index in [0.717, 1.165) is 24.8 Å². The second-order valence-corrected chi connectivity index (χ2v) is 9.56. The smallest absolute Gasteiger partial charge is 0.348 e. The van der Waals surface area contributed by atoms with E-state index in [2.05, 4.69) is 13.0 Å². The molecule has 1 aromatic heterocycles. The summed E-state index contributed by atoms with van der Waals surface area (Å²) >= 11 is 1.51. The molecule has 2 N–H and O–H groups in total. The van der Waals surface area contributed by atoms with Crippen molar-refractivity contribution in [1.29, 1.82) is 0 Å². The van der Waals surface area contributed by atoms with Crippen LogP contribution >= 0.6 is 11.3 Å². The van der Waals surface area contributed by atoms with E-state index in [0.29, 0.717) is 23.1 Å². The van der Waals surface area contributed by atoms with Crippen LogP contribution in [0.4, 0.5) is 0 Å². The SMILES string of the molecule is CCC(CCc1ccc(OCC(=O)C(C)(C)C)c(CN)c1)c1ccc(C(=O)OC)s1. The maximum atomic E-state index is 12.1. The molecule has 0 saturated carbocycles. The quantitative estimate of drug-likeness (QED) is 0.529. The van der Waals surface area contributed by atoms with E-state index in [-0.39, 0.29) is 18.4 Å². The average Bonchev–Trinajstić information content (AvgIpc) is 3.21. The van der Waals surface area contributed by atoms with Gasteiger partial charge in [0.15, 0.2) is 5.78 Å². The van der Waals surface area contributed by atoms with Crippen LogP contribution in [0.5, 0.6) is 5.75 Å². The molecule has 0 aliphatic heterocycles. The first kappa shape index (κ1) is 24.1. The van der Waals surface area contributed by atoms with Gasteiger partial charge >= 0.3 is 5.97 Å². The zero-order chi connectivity index (χ0) is 22.3. The van der Waals surface area contributed by atoms with Crippen LogP contribution in [0.3, 0.4) is 0 Å². The van der Waals surface area contributed by atoms with E-state index in [1.54, 1.807) is 0 Å². The van der Waals surface area contributed by atoms with Crippen LogP contribution < -0.4 is 10.5 Å². The van der Waals surface area contributed by atoms with Crippen LogP contribution in [0, 0.1) is 5.41 Å². The molecule has 1 unspecified atom stereocenters. The summed E-state index contributed by atoms with van der Waals surface area (Å²) in [6.07, 6.45) is 2.88. The fourth-order valence-corrected chi connectivity index (χ4v) is 4.26. The van der Waals surface area contributed by atoms with Crippen molar-refractivity contribution in [1.82, 2.24) is 0 Å². The molecule has 0 amide bonds. The van der Waals surface area contributed by atoms with Crippen molar-refractivity contribution >= 4 is 23.1 Å². The van der Waals surface area contributed by atoms with Gasteiger partial charge in [-0.05, 0) is 48.9 Å². The number of ketones is 1. The van der Waals surface area contributed by atoms with Gasteiger partial charge in [-0.2, -0.15) is 0 Å². The number of aryl methyl sites for hydroxylation is 1. The number of carbonyl (C=O) groups excluding carboxylic acids is 2.